The van der Waals surface area contributed by atoms with Gasteiger partial charge in [0.1, 0.15) is 5.78 Å². The largest absolute Gasteiger partial charge is 0.300 e. The van der Waals surface area contributed by atoms with Crippen molar-refractivity contribution in [2.75, 3.05) is 0 Å². The van der Waals surface area contributed by atoms with E-state index < -0.39 is 0 Å². The van der Waals surface area contributed by atoms with Crippen LogP contribution in [0.3, 0.4) is 0 Å². The molecule has 0 amide bonds. The number of rotatable bonds is 3. The van der Waals surface area contributed by atoms with Crippen LogP contribution < -0.4 is 0 Å². The molecule has 0 bridgehead atoms. The van der Waals surface area contributed by atoms with E-state index in [0.717, 1.165) is 5.57 Å². The maximum Gasteiger partial charge on any atom is 0.133 e. The summed E-state index contributed by atoms with van der Waals surface area (Å²) in [6.45, 7) is 4.70. The first-order valence-corrected chi connectivity index (χ1v) is 3.51. The predicted molar refractivity (Wildman–Crippen MR) is 43.9 cm³/mol. The SMILES string of the molecule is CC(=O)C/C(C)=C/C=C(\C)F. The second-order valence-electron chi connectivity index (χ2n) is 2.65. The van der Waals surface area contributed by atoms with E-state index in [1.54, 1.807) is 13.0 Å². The molecule has 0 radical (unpaired) electrons. The number of carbonyl (C=O) groups excluding carboxylic acids is 1. The molecule has 0 rings (SSSR count). The lowest BCUT2D eigenvalue weighted by atomic mass is 10.1. The summed E-state index contributed by atoms with van der Waals surface area (Å²) in [5, 5.41) is 0. The maximum absolute atomic E-state index is 12.1. The summed E-state index contributed by atoms with van der Waals surface area (Å²) in [5.74, 6) is -0.142. The fourth-order valence-electron chi connectivity index (χ4n) is 0.709. The summed E-state index contributed by atoms with van der Waals surface area (Å²) in [6, 6.07) is 0. The normalized spacial score (nSPS) is 13.5. The zero-order chi connectivity index (χ0) is 8.85. The molecule has 0 aromatic rings. The van der Waals surface area contributed by atoms with Crippen molar-refractivity contribution in [2.45, 2.75) is 27.2 Å². The van der Waals surface area contributed by atoms with E-state index in [1.807, 2.05) is 0 Å². The highest BCUT2D eigenvalue weighted by atomic mass is 19.1. The molecule has 1 nitrogen and oxygen atoms in total. The van der Waals surface area contributed by atoms with Gasteiger partial charge in [0, 0.05) is 6.42 Å². The lowest BCUT2D eigenvalue weighted by Crippen LogP contribution is -1.89. The fourth-order valence-corrected chi connectivity index (χ4v) is 0.709. The molecule has 0 aromatic carbocycles. The van der Waals surface area contributed by atoms with Crippen LogP contribution in [0.15, 0.2) is 23.6 Å². The van der Waals surface area contributed by atoms with Gasteiger partial charge in [-0.2, -0.15) is 0 Å². The van der Waals surface area contributed by atoms with Crippen molar-refractivity contribution < 1.29 is 9.18 Å². The summed E-state index contributed by atoms with van der Waals surface area (Å²) in [7, 11) is 0. The zero-order valence-electron chi connectivity index (χ0n) is 7.15. The van der Waals surface area contributed by atoms with Crippen LogP contribution in [-0.2, 0) is 4.79 Å². The molecule has 0 saturated carbocycles. The Kier molecular flexibility index (Phi) is 4.42. The van der Waals surface area contributed by atoms with Crippen LogP contribution in [-0.4, -0.2) is 5.78 Å². The number of carbonyl (C=O) groups is 1. The Labute approximate surface area is 66.6 Å². The molecule has 62 valence electrons. The van der Waals surface area contributed by atoms with Crippen LogP contribution in [0, 0.1) is 0 Å². The number of hydrogen-bond acceptors (Lipinski definition) is 1. The Balaban J connectivity index is 4.02. The summed E-state index contributed by atoms with van der Waals surface area (Å²) < 4.78 is 12.1. The molecule has 0 aliphatic carbocycles. The zero-order valence-corrected chi connectivity index (χ0v) is 7.15. The molecule has 2 heteroatoms. The highest BCUT2D eigenvalue weighted by molar-refractivity contribution is 5.78. The molecule has 11 heavy (non-hydrogen) atoms. The molecule has 0 saturated heterocycles. The molecular weight excluding hydrogens is 143 g/mol. The van der Waals surface area contributed by atoms with Gasteiger partial charge in [-0.25, -0.2) is 4.39 Å². The topological polar surface area (TPSA) is 17.1 Å². The quantitative estimate of drug-likeness (QED) is 0.574. The van der Waals surface area contributed by atoms with E-state index in [-0.39, 0.29) is 11.6 Å². The van der Waals surface area contributed by atoms with Gasteiger partial charge in [-0.1, -0.05) is 11.6 Å². The summed E-state index contributed by atoms with van der Waals surface area (Å²) in [6.07, 6.45) is 3.39. The third-order valence-corrected chi connectivity index (χ3v) is 1.13. The minimum atomic E-state index is -0.243. The number of Topliss-reactive ketones (excluding diaryl/α,β-unsaturated/α-hetero) is 1. The molecule has 0 N–H and O–H groups in total. The predicted octanol–water partition coefficient (Wildman–Crippen LogP) is 2.79. The van der Waals surface area contributed by atoms with Gasteiger partial charge in [0.2, 0.25) is 0 Å². The van der Waals surface area contributed by atoms with E-state index in [1.165, 1.54) is 19.9 Å². The van der Waals surface area contributed by atoms with Crippen molar-refractivity contribution in [3.05, 3.63) is 23.6 Å². The second-order valence-corrected chi connectivity index (χ2v) is 2.65. The molecule has 0 heterocycles. The minimum absolute atomic E-state index is 0.101. The van der Waals surface area contributed by atoms with Gasteiger partial charge in [0.25, 0.3) is 0 Å². The molecule has 0 aliphatic heterocycles. The number of allylic oxidation sites excluding steroid dienone is 4. The molecule has 0 spiro atoms. The van der Waals surface area contributed by atoms with Gasteiger partial charge in [-0.15, -0.1) is 0 Å². The number of hydrogen-bond donors (Lipinski definition) is 0. The van der Waals surface area contributed by atoms with Crippen LogP contribution in [0.1, 0.15) is 27.2 Å². The van der Waals surface area contributed by atoms with E-state index in [0.29, 0.717) is 6.42 Å². The Morgan fingerprint density at radius 2 is 1.82 bits per heavy atom. The van der Waals surface area contributed by atoms with Crippen molar-refractivity contribution in [1.29, 1.82) is 0 Å². The Hall–Kier alpha value is -0.920. The third kappa shape index (κ3) is 6.97. The Morgan fingerprint density at radius 1 is 1.27 bits per heavy atom. The highest BCUT2D eigenvalue weighted by Gasteiger charge is 1.92. The average molecular weight is 156 g/mol. The van der Waals surface area contributed by atoms with Gasteiger partial charge in [-0.3, -0.25) is 4.79 Å². The lowest BCUT2D eigenvalue weighted by Gasteiger charge is -1.92. The van der Waals surface area contributed by atoms with E-state index >= 15 is 0 Å². The van der Waals surface area contributed by atoms with Crippen molar-refractivity contribution in [3.63, 3.8) is 0 Å². The van der Waals surface area contributed by atoms with Gasteiger partial charge >= 0.3 is 0 Å². The van der Waals surface area contributed by atoms with Gasteiger partial charge in [0.15, 0.2) is 0 Å². The van der Waals surface area contributed by atoms with E-state index in [9.17, 15) is 9.18 Å². The lowest BCUT2D eigenvalue weighted by molar-refractivity contribution is -0.116. The summed E-state index contributed by atoms with van der Waals surface area (Å²) >= 11 is 0. The fraction of sp³-hybridized carbons (Fsp3) is 0.444. The van der Waals surface area contributed by atoms with E-state index in [2.05, 4.69) is 0 Å². The van der Waals surface area contributed by atoms with Crippen molar-refractivity contribution in [1.82, 2.24) is 0 Å². The maximum atomic E-state index is 12.1. The second kappa shape index (κ2) is 4.83. The first-order valence-electron chi connectivity index (χ1n) is 3.51. The van der Waals surface area contributed by atoms with Gasteiger partial charge in [0.05, 0.1) is 5.83 Å². The van der Waals surface area contributed by atoms with Crippen molar-refractivity contribution in [2.24, 2.45) is 0 Å². The van der Waals surface area contributed by atoms with Crippen molar-refractivity contribution in [3.8, 4) is 0 Å². The molecule has 0 aliphatic rings. The van der Waals surface area contributed by atoms with Crippen LogP contribution in [0.25, 0.3) is 0 Å². The van der Waals surface area contributed by atoms with Gasteiger partial charge < -0.3 is 0 Å². The first-order chi connectivity index (χ1) is 5.02. The van der Waals surface area contributed by atoms with Crippen LogP contribution in [0.2, 0.25) is 0 Å². The van der Waals surface area contributed by atoms with Crippen LogP contribution >= 0.6 is 0 Å². The molecule has 0 aromatic heterocycles. The summed E-state index contributed by atoms with van der Waals surface area (Å²) in [5.41, 5.74) is 0.884. The first kappa shape index (κ1) is 10.1. The summed E-state index contributed by atoms with van der Waals surface area (Å²) in [4.78, 5) is 10.5. The monoisotopic (exact) mass is 156 g/mol. The molecular formula is C9H13FO. The Bertz CT molecular complexity index is 198. The molecule has 0 atom stereocenters. The molecule has 0 fully saturated rings. The smallest absolute Gasteiger partial charge is 0.133 e. The Morgan fingerprint density at radius 3 is 2.18 bits per heavy atom. The number of halogens is 1. The van der Waals surface area contributed by atoms with Crippen LogP contribution in [0.5, 0.6) is 0 Å². The minimum Gasteiger partial charge on any atom is -0.300 e. The van der Waals surface area contributed by atoms with Crippen molar-refractivity contribution >= 4 is 5.78 Å². The van der Waals surface area contributed by atoms with Gasteiger partial charge in [-0.05, 0) is 26.8 Å². The average Bonchev–Trinajstić information content (AvgIpc) is 1.82. The van der Waals surface area contributed by atoms with E-state index in [4.69, 9.17) is 0 Å². The standard InChI is InChI=1S/C9H13FO/c1-7(6-9(3)11)4-5-8(2)10/h4-5H,6H2,1-3H3/b7-4+,8-5+. The third-order valence-electron chi connectivity index (χ3n) is 1.13. The molecule has 0 unspecified atom stereocenters. The number of ketones is 1. The van der Waals surface area contributed by atoms with Crippen LogP contribution in [0.4, 0.5) is 4.39 Å². The highest BCUT2D eigenvalue weighted by Crippen LogP contribution is 2.02.